The Morgan fingerprint density at radius 1 is 1.26 bits per heavy atom. The Balaban J connectivity index is 1.60. The van der Waals surface area contributed by atoms with E-state index >= 15 is 0 Å². The topological polar surface area (TPSA) is 118 Å². The number of nitriles is 1. The summed E-state index contributed by atoms with van der Waals surface area (Å²) in [5.41, 5.74) is 3.52. The summed E-state index contributed by atoms with van der Waals surface area (Å²) in [5, 5.41) is 17.2. The van der Waals surface area contributed by atoms with Crippen LogP contribution in [0.1, 0.15) is 58.5 Å². The molecule has 1 N–H and O–H groups in total. The number of aromatic nitrogens is 3. The average Bonchev–Trinajstić information content (AvgIpc) is 3.46. The Morgan fingerprint density at radius 3 is 2.74 bits per heavy atom. The van der Waals surface area contributed by atoms with Crippen LogP contribution in [0.5, 0.6) is 0 Å². The maximum atomic E-state index is 13.3. The number of amides is 1. The van der Waals surface area contributed by atoms with Gasteiger partial charge < -0.3 is 5.32 Å². The number of rotatable bonds is 4. The van der Waals surface area contributed by atoms with Crippen molar-refractivity contribution in [2.75, 3.05) is 16.8 Å². The van der Waals surface area contributed by atoms with Crippen LogP contribution < -0.4 is 5.32 Å². The summed E-state index contributed by atoms with van der Waals surface area (Å²) in [6.07, 6.45) is 2.54. The molecule has 0 spiro atoms. The second-order valence-electron chi connectivity index (χ2n) is 8.30. The molecule has 158 valence electrons. The zero-order valence-corrected chi connectivity index (χ0v) is 17.8. The largest absolute Gasteiger partial charge is 0.322 e. The van der Waals surface area contributed by atoms with E-state index in [-0.39, 0.29) is 23.5 Å². The van der Waals surface area contributed by atoms with Crippen LogP contribution in [0.25, 0.3) is 11.0 Å². The van der Waals surface area contributed by atoms with E-state index in [4.69, 9.17) is 10.2 Å². The van der Waals surface area contributed by atoms with E-state index in [1.807, 2.05) is 13.0 Å². The predicted octanol–water partition coefficient (Wildman–Crippen LogP) is 3.10. The van der Waals surface area contributed by atoms with Gasteiger partial charge in [-0.15, -0.1) is 0 Å². The van der Waals surface area contributed by atoms with Crippen molar-refractivity contribution in [2.24, 2.45) is 0 Å². The lowest BCUT2D eigenvalue weighted by molar-refractivity contribution is 0.102. The number of carbonyl (C=O) groups is 1. The zero-order valence-electron chi connectivity index (χ0n) is 17.0. The molecule has 1 aliphatic carbocycles. The van der Waals surface area contributed by atoms with Gasteiger partial charge in [-0.3, -0.25) is 4.79 Å². The van der Waals surface area contributed by atoms with Gasteiger partial charge in [0.1, 0.15) is 0 Å². The maximum absolute atomic E-state index is 13.3. The number of hydrogen-bond donors (Lipinski definition) is 1. The minimum Gasteiger partial charge on any atom is -0.322 e. The summed E-state index contributed by atoms with van der Waals surface area (Å²) >= 11 is 0. The fourth-order valence-corrected chi connectivity index (χ4v) is 5.88. The summed E-state index contributed by atoms with van der Waals surface area (Å²) in [5.74, 6) is 0.198. The van der Waals surface area contributed by atoms with Crippen molar-refractivity contribution < 1.29 is 13.2 Å². The minimum absolute atomic E-state index is 0.0427. The summed E-state index contributed by atoms with van der Waals surface area (Å²) in [7, 11) is -3.09. The van der Waals surface area contributed by atoms with Gasteiger partial charge in [0.25, 0.3) is 5.91 Å². The molecule has 2 aliphatic rings. The molecule has 1 saturated heterocycles. The van der Waals surface area contributed by atoms with Crippen molar-refractivity contribution in [3.8, 4) is 6.07 Å². The van der Waals surface area contributed by atoms with Gasteiger partial charge in [-0.1, -0.05) is 6.07 Å². The van der Waals surface area contributed by atoms with Crippen molar-refractivity contribution in [2.45, 2.75) is 38.1 Å². The lowest BCUT2D eigenvalue weighted by Crippen LogP contribution is -2.15. The second kappa shape index (κ2) is 7.17. The number of aryl methyl sites for hydroxylation is 1. The highest BCUT2D eigenvalue weighted by molar-refractivity contribution is 7.91. The molecule has 5 rings (SSSR count). The van der Waals surface area contributed by atoms with Gasteiger partial charge in [-0.05, 0) is 50.5 Å². The highest BCUT2D eigenvalue weighted by Crippen LogP contribution is 2.41. The first-order valence-corrected chi connectivity index (χ1v) is 12.1. The molecule has 0 radical (unpaired) electrons. The molecule has 1 amide bonds. The van der Waals surface area contributed by atoms with Crippen LogP contribution in [-0.2, 0) is 9.84 Å². The first-order chi connectivity index (χ1) is 14.8. The van der Waals surface area contributed by atoms with Crippen molar-refractivity contribution in [3.63, 3.8) is 0 Å². The lowest BCUT2D eigenvalue weighted by Gasteiger charge is -2.12. The van der Waals surface area contributed by atoms with E-state index in [9.17, 15) is 13.2 Å². The third kappa shape index (κ3) is 3.68. The van der Waals surface area contributed by atoms with Crippen molar-refractivity contribution >= 4 is 32.5 Å². The van der Waals surface area contributed by atoms with Gasteiger partial charge in [0.15, 0.2) is 15.5 Å². The van der Waals surface area contributed by atoms with E-state index in [1.54, 1.807) is 28.9 Å². The Morgan fingerprint density at radius 2 is 2.06 bits per heavy atom. The second-order valence-corrected chi connectivity index (χ2v) is 10.5. The molecule has 9 heteroatoms. The molecular formula is C22H21N5O3S. The average molecular weight is 436 g/mol. The molecule has 3 aromatic rings. The van der Waals surface area contributed by atoms with Crippen molar-refractivity contribution in [1.29, 1.82) is 5.26 Å². The smallest absolute Gasteiger partial charge is 0.256 e. The third-order valence-electron chi connectivity index (χ3n) is 5.90. The van der Waals surface area contributed by atoms with Gasteiger partial charge in [-0.2, -0.15) is 10.4 Å². The molecule has 3 heterocycles. The van der Waals surface area contributed by atoms with E-state index in [1.165, 1.54) is 0 Å². The summed E-state index contributed by atoms with van der Waals surface area (Å²) in [6.45, 7) is 1.81. The number of sulfone groups is 1. The van der Waals surface area contributed by atoms with Crippen LogP contribution in [0, 0.1) is 18.3 Å². The minimum atomic E-state index is -3.09. The molecule has 2 aromatic heterocycles. The Hall–Kier alpha value is -3.25. The monoisotopic (exact) mass is 435 g/mol. The molecule has 31 heavy (non-hydrogen) atoms. The van der Waals surface area contributed by atoms with Crippen molar-refractivity contribution in [3.05, 3.63) is 52.8 Å². The third-order valence-corrected chi connectivity index (χ3v) is 7.65. The van der Waals surface area contributed by atoms with E-state index in [0.29, 0.717) is 45.9 Å². The van der Waals surface area contributed by atoms with E-state index in [2.05, 4.69) is 16.5 Å². The molecule has 1 saturated carbocycles. The molecule has 0 unspecified atom stereocenters. The lowest BCUT2D eigenvalue weighted by atomic mass is 10.1. The molecule has 0 bridgehead atoms. The number of benzene rings is 1. The highest BCUT2D eigenvalue weighted by Gasteiger charge is 2.34. The first-order valence-electron chi connectivity index (χ1n) is 10.3. The molecule has 1 aliphatic heterocycles. The highest BCUT2D eigenvalue weighted by atomic mass is 32.2. The number of anilines is 1. The fourth-order valence-electron chi connectivity index (χ4n) is 4.19. The van der Waals surface area contributed by atoms with Gasteiger partial charge >= 0.3 is 0 Å². The van der Waals surface area contributed by atoms with Gasteiger partial charge in [0, 0.05) is 17.3 Å². The summed E-state index contributed by atoms with van der Waals surface area (Å²) in [6, 6.07) is 10.4. The van der Waals surface area contributed by atoms with Gasteiger partial charge in [-0.25, -0.2) is 18.1 Å². The van der Waals surface area contributed by atoms with E-state index in [0.717, 1.165) is 18.5 Å². The van der Waals surface area contributed by atoms with Crippen molar-refractivity contribution in [1.82, 2.24) is 14.8 Å². The standard InChI is InChI=1S/C22H21N5O3S/c1-13-20-18(22(28)24-16-4-2-3-14(9-16)11-23)10-19(15-5-6-15)25-21(20)27(26-13)17-7-8-31(29,30)12-17/h2-4,9-10,15,17H,5-8,12H2,1H3,(H,24,28)/t17-/m0/s1. The quantitative estimate of drug-likeness (QED) is 0.673. The van der Waals surface area contributed by atoms with Crippen LogP contribution in [0.3, 0.4) is 0 Å². The molecule has 8 nitrogen and oxygen atoms in total. The molecule has 2 fully saturated rings. The van der Waals surface area contributed by atoms with Crippen LogP contribution in [-0.4, -0.2) is 40.6 Å². The summed E-state index contributed by atoms with van der Waals surface area (Å²) in [4.78, 5) is 18.1. The first kappa shape index (κ1) is 19.7. The molecular weight excluding hydrogens is 414 g/mol. The van der Waals surface area contributed by atoms with E-state index < -0.39 is 9.84 Å². The Kier molecular flexibility index (Phi) is 4.55. The van der Waals surface area contributed by atoms with Crippen LogP contribution in [0.4, 0.5) is 5.69 Å². The predicted molar refractivity (Wildman–Crippen MR) is 116 cm³/mol. The number of pyridine rings is 1. The molecule has 1 atom stereocenters. The number of nitrogens with one attached hydrogen (secondary N) is 1. The molecule has 1 aromatic carbocycles. The number of nitrogens with zero attached hydrogens (tertiary/aromatic N) is 4. The zero-order chi connectivity index (χ0) is 21.8. The number of carbonyl (C=O) groups excluding carboxylic acids is 1. The van der Waals surface area contributed by atoms with Crippen LogP contribution in [0.15, 0.2) is 30.3 Å². The van der Waals surface area contributed by atoms with Gasteiger partial charge in [0.2, 0.25) is 0 Å². The van der Waals surface area contributed by atoms with Crippen LogP contribution >= 0.6 is 0 Å². The Labute approximate surface area is 179 Å². The Bertz CT molecular complexity index is 1370. The fraction of sp³-hybridized carbons (Fsp3) is 0.364. The maximum Gasteiger partial charge on any atom is 0.256 e. The number of hydrogen-bond acceptors (Lipinski definition) is 6. The van der Waals surface area contributed by atoms with Gasteiger partial charge in [0.05, 0.1) is 45.8 Å². The normalized spacial score (nSPS) is 19.9. The number of fused-ring (bicyclic) bond motifs is 1. The summed E-state index contributed by atoms with van der Waals surface area (Å²) < 4.78 is 25.8. The van der Waals surface area contributed by atoms with Crippen LogP contribution in [0.2, 0.25) is 0 Å². The SMILES string of the molecule is Cc1nn([C@H]2CCS(=O)(=O)C2)c2nc(C3CC3)cc(C(=O)Nc3cccc(C#N)c3)c12.